The predicted octanol–water partition coefficient (Wildman–Crippen LogP) is 2.33. The van der Waals surface area contributed by atoms with Gasteiger partial charge in [0.2, 0.25) is 11.8 Å². The SMILES string of the molecule is CCC(C)CC(=O)N1CCC2(CC1)Nc1ccccc1N(CC(=O)N(C)C)C2=O. The Labute approximate surface area is 173 Å². The predicted molar refractivity (Wildman–Crippen MR) is 114 cm³/mol. The fourth-order valence-electron chi connectivity index (χ4n) is 3.98. The molecular weight excluding hydrogens is 368 g/mol. The third-order valence-corrected chi connectivity index (χ3v) is 6.21. The van der Waals surface area contributed by atoms with Gasteiger partial charge in [0.25, 0.3) is 5.91 Å². The number of para-hydroxylation sites is 2. The Morgan fingerprint density at radius 2 is 1.86 bits per heavy atom. The van der Waals surface area contributed by atoms with Crippen molar-refractivity contribution in [2.45, 2.75) is 45.1 Å². The molecule has 1 fully saturated rings. The van der Waals surface area contributed by atoms with E-state index in [1.165, 1.54) is 4.90 Å². The second-order valence-electron chi connectivity index (χ2n) is 8.50. The second-order valence-corrected chi connectivity index (χ2v) is 8.50. The highest BCUT2D eigenvalue weighted by atomic mass is 16.2. The molecule has 1 saturated heterocycles. The van der Waals surface area contributed by atoms with Gasteiger partial charge in [-0.3, -0.25) is 19.3 Å². The van der Waals surface area contributed by atoms with Crippen molar-refractivity contribution in [1.82, 2.24) is 9.80 Å². The molecule has 158 valence electrons. The summed E-state index contributed by atoms with van der Waals surface area (Å²) < 4.78 is 0. The van der Waals surface area contributed by atoms with Crippen molar-refractivity contribution in [3.63, 3.8) is 0 Å². The Balaban J connectivity index is 1.79. The number of amides is 3. The van der Waals surface area contributed by atoms with E-state index in [0.29, 0.717) is 38.3 Å². The first-order chi connectivity index (χ1) is 13.8. The van der Waals surface area contributed by atoms with Crippen LogP contribution in [0.25, 0.3) is 0 Å². The fourth-order valence-corrected chi connectivity index (χ4v) is 3.98. The van der Waals surface area contributed by atoms with Crippen LogP contribution >= 0.6 is 0 Å². The van der Waals surface area contributed by atoms with Crippen LogP contribution in [0, 0.1) is 5.92 Å². The average Bonchev–Trinajstić information content (AvgIpc) is 2.71. The molecule has 2 heterocycles. The van der Waals surface area contributed by atoms with Crippen molar-refractivity contribution >= 4 is 29.1 Å². The topological polar surface area (TPSA) is 73.0 Å². The highest BCUT2D eigenvalue weighted by Gasteiger charge is 2.48. The van der Waals surface area contributed by atoms with Gasteiger partial charge in [-0.2, -0.15) is 0 Å². The maximum Gasteiger partial charge on any atom is 0.253 e. The van der Waals surface area contributed by atoms with Crippen molar-refractivity contribution in [2.24, 2.45) is 5.92 Å². The number of likely N-dealkylation sites (N-methyl/N-ethyl adjacent to an activating group) is 1. The Morgan fingerprint density at radius 3 is 2.48 bits per heavy atom. The van der Waals surface area contributed by atoms with Crippen molar-refractivity contribution in [2.75, 3.05) is 43.9 Å². The van der Waals surface area contributed by atoms with E-state index < -0.39 is 5.54 Å². The summed E-state index contributed by atoms with van der Waals surface area (Å²) in [5.74, 6) is 0.330. The van der Waals surface area contributed by atoms with Gasteiger partial charge in [0, 0.05) is 33.6 Å². The lowest BCUT2D eigenvalue weighted by molar-refractivity contribution is -0.136. The molecule has 7 nitrogen and oxygen atoms in total. The molecule has 1 spiro atoms. The number of fused-ring (bicyclic) bond motifs is 1. The summed E-state index contributed by atoms with van der Waals surface area (Å²) in [6.45, 7) is 5.29. The summed E-state index contributed by atoms with van der Waals surface area (Å²) in [6.07, 6.45) is 2.62. The molecule has 1 aromatic carbocycles. The van der Waals surface area contributed by atoms with Crippen LogP contribution in [-0.2, 0) is 14.4 Å². The molecule has 1 N–H and O–H groups in total. The molecular formula is C22H32N4O3. The zero-order valence-electron chi connectivity index (χ0n) is 17.9. The molecule has 0 bridgehead atoms. The number of piperidine rings is 1. The summed E-state index contributed by atoms with van der Waals surface area (Å²) in [6, 6.07) is 7.60. The number of anilines is 2. The van der Waals surface area contributed by atoms with Gasteiger partial charge in [-0.25, -0.2) is 0 Å². The van der Waals surface area contributed by atoms with Gasteiger partial charge in [-0.1, -0.05) is 32.4 Å². The molecule has 2 aliphatic rings. The molecule has 1 atom stereocenters. The van der Waals surface area contributed by atoms with E-state index >= 15 is 0 Å². The van der Waals surface area contributed by atoms with Crippen LogP contribution in [0.4, 0.5) is 11.4 Å². The second kappa shape index (κ2) is 8.43. The highest BCUT2D eigenvalue weighted by molar-refractivity contribution is 6.10. The van der Waals surface area contributed by atoms with E-state index in [1.807, 2.05) is 29.2 Å². The van der Waals surface area contributed by atoms with Gasteiger partial charge in [-0.15, -0.1) is 0 Å². The lowest BCUT2D eigenvalue weighted by Crippen LogP contribution is -2.63. The summed E-state index contributed by atoms with van der Waals surface area (Å²) in [5, 5.41) is 3.45. The van der Waals surface area contributed by atoms with E-state index in [9.17, 15) is 14.4 Å². The molecule has 0 aromatic heterocycles. The molecule has 2 aliphatic heterocycles. The van der Waals surface area contributed by atoms with Crippen LogP contribution in [-0.4, -0.2) is 66.8 Å². The first kappa shape index (κ1) is 21.1. The molecule has 3 amide bonds. The Hall–Kier alpha value is -2.57. The van der Waals surface area contributed by atoms with E-state index in [1.54, 1.807) is 19.0 Å². The minimum Gasteiger partial charge on any atom is -0.369 e. The number of carbonyl (C=O) groups excluding carboxylic acids is 3. The third-order valence-electron chi connectivity index (χ3n) is 6.21. The number of hydrogen-bond acceptors (Lipinski definition) is 4. The quantitative estimate of drug-likeness (QED) is 0.823. The Morgan fingerprint density at radius 1 is 1.21 bits per heavy atom. The number of nitrogens with one attached hydrogen (secondary N) is 1. The number of benzene rings is 1. The van der Waals surface area contributed by atoms with Gasteiger partial charge in [0.15, 0.2) is 0 Å². The van der Waals surface area contributed by atoms with Gasteiger partial charge in [-0.05, 0) is 30.9 Å². The van der Waals surface area contributed by atoms with E-state index in [-0.39, 0.29) is 24.3 Å². The van der Waals surface area contributed by atoms with Gasteiger partial charge in [0.05, 0.1) is 11.4 Å². The van der Waals surface area contributed by atoms with Crippen molar-refractivity contribution in [3.05, 3.63) is 24.3 Å². The summed E-state index contributed by atoms with van der Waals surface area (Å²) in [7, 11) is 3.39. The van der Waals surface area contributed by atoms with Gasteiger partial charge < -0.3 is 15.1 Å². The van der Waals surface area contributed by atoms with Crippen LogP contribution in [0.15, 0.2) is 24.3 Å². The molecule has 1 aromatic rings. The minimum absolute atomic E-state index is 0.0168. The van der Waals surface area contributed by atoms with Crippen molar-refractivity contribution < 1.29 is 14.4 Å². The number of likely N-dealkylation sites (tertiary alicyclic amines) is 1. The maximum absolute atomic E-state index is 13.5. The summed E-state index contributed by atoms with van der Waals surface area (Å²) >= 11 is 0. The zero-order valence-corrected chi connectivity index (χ0v) is 17.9. The van der Waals surface area contributed by atoms with Crippen LogP contribution in [0.3, 0.4) is 0 Å². The normalized spacial score (nSPS) is 18.8. The number of carbonyl (C=O) groups is 3. The highest BCUT2D eigenvalue weighted by Crippen LogP contribution is 2.40. The molecule has 29 heavy (non-hydrogen) atoms. The minimum atomic E-state index is -0.770. The maximum atomic E-state index is 13.5. The van der Waals surface area contributed by atoms with Crippen LogP contribution in [0.5, 0.6) is 0 Å². The zero-order chi connectivity index (χ0) is 21.2. The van der Waals surface area contributed by atoms with Crippen molar-refractivity contribution in [1.29, 1.82) is 0 Å². The standard InChI is InChI=1S/C22H32N4O3/c1-5-16(2)14-19(27)25-12-10-22(11-13-25)21(29)26(15-20(28)24(3)4)18-9-7-6-8-17(18)23-22/h6-9,16,23H,5,10-15H2,1-4H3. The molecule has 7 heteroatoms. The van der Waals surface area contributed by atoms with E-state index in [0.717, 1.165) is 17.8 Å². The van der Waals surface area contributed by atoms with Crippen LogP contribution in [0.2, 0.25) is 0 Å². The molecule has 3 rings (SSSR count). The first-order valence-electron chi connectivity index (χ1n) is 10.4. The monoisotopic (exact) mass is 400 g/mol. The Kier molecular flexibility index (Phi) is 6.15. The largest absolute Gasteiger partial charge is 0.369 e. The average molecular weight is 401 g/mol. The fraction of sp³-hybridized carbons (Fsp3) is 0.591. The van der Waals surface area contributed by atoms with Crippen LogP contribution in [0.1, 0.15) is 39.5 Å². The lowest BCUT2D eigenvalue weighted by atomic mass is 9.83. The number of rotatable bonds is 5. The lowest BCUT2D eigenvalue weighted by Gasteiger charge is -2.47. The molecule has 1 unspecified atom stereocenters. The van der Waals surface area contributed by atoms with Gasteiger partial charge in [0.1, 0.15) is 12.1 Å². The summed E-state index contributed by atoms with van der Waals surface area (Å²) in [4.78, 5) is 43.4. The third kappa shape index (κ3) is 4.23. The number of nitrogens with zero attached hydrogens (tertiary/aromatic N) is 3. The smallest absolute Gasteiger partial charge is 0.253 e. The molecule has 0 aliphatic carbocycles. The van der Waals surface area contributed by atoms with Gasteiger partial charge >= 0.3 is 0 Å². The first-order valence-corrected chi connectivity index (χ1v) is 10.4. The summed E-state index contributed by atoms with van der Waals surface area (Å²) in [5.41, 5.74) is 0.820. The molecule has 0 radical (unpaired) electrons. The number of hydrogen-bond donors (Lipinski definition) is 1. The Bertz CT molecular complexity index is 784. The van der Waals surface area contributed by atoms with Crippen molar-refractivity contribution in [3.8, 4) is 0 Å². The molecule has 0 saturated carbocycles. The van der Waals surface area contributed by atoms with E-state index in [4.69, 9.17) is 0 Å². The van der Waals surface area contributed by atoms with Crippen LogP contribution < -0.4 is 10.2 Å². The van der Waals surface area contributed by atoms with E-state index in [2.05, 4.69) is 19.2 Å².